The van der Waals surface area contributed by atoms with Gasteiger partial charge in [0.05, 0.1) is 5.69 Å². The monoisotopic (exact) mass is 317 g/mol. The maximum absolute atomic E-state index is 12.9. The van der Waals surface area contributed by atoms with Crippen molar-refractivity contribution in [3.05, 3.63) is 70.4 Å². The number of fused-ring (bicyclic) bond motifs is 1. The van der Waals surface area contributed by atoms with E-state index in [1.165, 1.54) is 12.1 Å². The normalized spacial score (nSPS) is 10.9. The number of halogens is 2. The fourth-order valence-electron chi connectivity index (χ4n) is 2.28. The van der Waals surface area contributed by atoms with Gasteiger partial charge < -0.3 is 5.32 Å². The van der Waals surface area contributed by atoms with Gasteiger partial charge in [0.2, 0.25) is 0 Å². The van der Waals surface area contributed by atoms with Crippen molar-refractivity contribution in [1.29, 1.82) is 0 Å². The second-order valence-corrected chi connectivity index (χ2v) is 5.36. The van der Waals surface area contributed by atoms with Gasteiger partial charge in [-0.3, -0.25) is 9.20 Å². The van der Waals surface area contributed by atoms with Crippen LogP contribution in [0.25, 0.3) is 5.65 Å². The predicted molar refractivity (Wildman–Crippen MR) is 82.5 cm³/mol. The third-order valence-corrected chi connectivity index (χ3v) is 3.58. The second kappa shape index (κ2) is 5.77. The fraction of sp³-hybridized carbons (Fsp3) is 0.125. The molecule has 4 nitrogen and oxygen atoms in total. The van der Waals surface area contributed by atoms with E-state index in [-0.39, 0.29) is 11.7 Å². The van der Waals surface area contributed by atoms with Gasteiger partial charge in [-0.25, -0.2) is 9.37 Å². The van der Waals surface area contributed by atoms with Crippen molar-refractivity contribution in [3.8, 4) is 0 Å². The van der Waals surface area contributed by atoms with Crippen molar-refractivity contribution in [2.24, 2.45) is 0 Å². The number of hydrogen-bond acceptors (Lipinski definition) is 2. The minimum absolute atomic E-state index is 0.239. The van der Waals surface area contributed by atoms with Gasteiger partial charge in [-0.2, -0.15) is 0 Å². The molecule has 3 aromatic rings. The number of pyridine rings is 1. The van der Waals surface area contributed by atoms with E-state index in [0.717, 1.165) is 5.56 Å². The third-order valence-electron chi connectivity index (χ3n) is 3.34. The van der Waals surface area contributed by atoms with Crippen LogP contribution in [0.5, 0.6) is 0 Å². The summed E-state index contributed by atoms with van der Waals surface area (Å²) in [6, 6.07) is 9.40. The maximum atomic E-state index is 12.9. The first kappa shape index (κ1) is 14.5. The highest BCUT2D eigenvalue weighted by Crippen LogP contribution is 2.16. The summed E-state index contributed by atoms with van der Waals surface area (Å²) in [5, 5.41) is 3.38. The zero-order chi connectivity index (χ0) is 15.7. The van der Waals surface area contributed by atoms with Crippen LogP contribution in [-0.4, -0.2) is 15.3 Å². The standard InChI is InChI=1S/C16H13ClFN3O/c1-10-15(21-7-6-12(17)8-14(21)20-10)16(22)19-9-11-2-4-13(18)5-3-11/h2-8H,9H2,1H3,(H,19,22). The Kier molecular flexibility index (Phi) is 3.81. The fourth-order valence-corrected chi connectivity index (χ4v) is 2.43. The molecule has 0 radical (unpaired) electrons. The van der Waals surface area contributed by atoms with Gasteiger partial charge in [-0.1, -0.05) is 23.7 Å². The van der Waals surface area contributed by atoms with Crippen molar-refractivity contribution < 1.29 is 9.18 Å². The smallest absolute Gasteiger partial charge is 0.270 e. The van der Waals surface area contributed by atoms with E-state index in [9.17, 15) is 9.18 Å². The first-order valence-corrected chi connectivity index (χ1v) is 7.09. The summed E-state index contributed by atoms with van der Waals surface area (Å²) in [6.45, 7) is 2.09. The highest BCUT2D eigenvalue weighted by molar-refractivity contribution is 6.30. The lowest BCUT2D eigenvalue weighted by atomic mass is 10.2. The summed E-state index contributed by atoms with van der Waals surface area (Å²) < 4.78 is 14.6. The molecule has 0 spiro atoms. The third kappa shape index (κ3) is 2.80. The number of aryl methyl sites for hydroxylation is 1. The molecule has 1 aromatic carbocycles. The molecule has 0 bridgehead atoms. The van der Waals surface area contributed by atoms with E-state index in [1.54, 1.807) is 41.8 Å². The average Bonchev–Trinajstić information content (AvgIpc) is 2.81. The van der Waals surface area contributed by atoms with E-state index in [1.807, 2.05) is 0 Å². The Hall–Kier alpha value is -2.40. The molecule has 2 aromatic heterocycles. The van der Waals surface area contributed by atoms with Crippen LogP contribution >= 0.6 is 11.6 Å². The van der Waals surface area contributed by atoms with Gasteiger partial charge in [-0.15, -0.1) is 0 Å². The van der Waals surface area contributed by atoms with Crippen LogP contribution in [0.1, 0.15) is 21.7 Å². The van der Waals surface area contributed by atoms with E-state index < -0.39 is 0 Å². The van der Waals surface area contributed by atoms with Gasteiger partial charge in [0.15, 0.2) is 0 Å². The summed E-state index contributed by atoms with van der Waals surface area (Å²) in [6.07, 6.45) is 1.71. The molecule has 0 unspecified atom stereocenters. The maximum Gasteiger partial charge on any atom is 0.270 e. The van der Waals surface area contributed by atoms with Crippen LogP contribution < -0.4 is 5.32 Å². The number of imidazole rings is 1. The molecule has 0 saturated heterocycles. The van der Waals surface area contributed by atoms with Crippen LogP contribution in [0, 0.1) is 12.7 Å². The molecular weight excluding hydrogens is 305 g/mol. The number of amides is 1. The summed E-state index contributed by atoms with van der Waals surface area (Å²) in [7, 11) is 0. The molecule has 0 aliphatic rings. The highest BCUT2D eigenvalue weighted by Gasteiger charge is 2.16. The second-order valence-electron chi connectivity index (χ2n) is 4.93. The molecule has 0 atom stereocenters. The Morgan fingerprint density at radius 1 is 1.32 bits per heavy atom. The molecule has 6 heteroatoms. The molecule has 3 rings (SSSR count). The number of nitrogens with one attached hydrogen (secondary N) is 1. The first-order valence-electron chi connectivity index (χ1n) is 6.71. The van der Waals surface area contributed by atoms with E-state index in [2.05, 4.69) is 10.3 Å². The molecule has 2 heterocycles. The number of benzene rings is 1. The quantitative estimate of drug-likeness (QED) is 0.805. The summed E-state index contributed by atoms with van der Waals surface area (Å²) in [4.78, 5) is 16.7. The van der Waals surface area contributed by atoms with Crippen LogP contribution in [0.15, 0.2) is 42.6 Å². The summed E-state index contributed by atoms with van der Waals surface area (Å²) in [5.41, 5.74) is 2.54. The molecule has 1 N–H and O–H groups in total. The van der Waals surface area contributed by atoms with Gasteiger partial charge in [0.1, 0.15) is 17.2 Å². The highest BCUT2D eigenvalue weighted by atomic mass is 35.5. The number of nitrogens with zero attached hydrogens (tertiary/aromatic N) is 2. The number of rotatable bonds is 3. The number of aromatic nitrogens is 2. The van der Waals surface area contributed by atoms with E-state index in [0.29, 0.717) is 28.6 Å². The molecule has 0 aliphatic heterocycles. The number of hydrogen-bond donors (Lipinski definition) is 1. The van der Waals surface area contributed by atoms with Crippen molar-refractivity contribution in [2.75, 3.05) is 0 Å². The van der Waals surface area contributed by atoms with Crippen molar-refractivity contribution >= 4 is 23.2 Å². The molecule has 1 amide bonds. The van der Waals surface area contributed by atoms with Gasteiger partial charge in [0, 0.05) is 23.8 Å². The number of carbonyl (C=O) groups is 1. The molecule has 0 saturated carbocycles. The lowest BCUT2D eigenvalue weighted by Crippen LogP contribution is -2.24. The van der Waals surface area contributed by atoms with Gasteiger partial charge >= 0.3 is 0 Å². The lowest BCUT2D eigenvalue weighted by molar-refractivity contribution is 0.0944. The van der Waals surface area contributed by atoms with Gasteiger partial charge in [0.25, 0.3) is 5.91 Å². The summed E-state index contributed by atoms with van der Waals surface area (Å²) >= 11 is 5.93. The van der Waals surface area contributed by atoms with Crippen LogP contribution in [-0.2, 0) is 6.54 Å². The minimum atomic E-state index is -0.301. The van der Waals surface area contributed by atoms with Crippen molar-refractivity contribution in [3.63, 3.8) is 0 Å². The topological polar surface area (TPSA) is 46.4 Å². The molecule has 112 valence electrons. The van der Waals surface area contributed by atoms with Crippen LogP contribution in [0.2, 0.25) is 5.02 Å². The Morgan fingerprint density at radius 3 is 2.77 bits per heavy atom. The van der Waals surface area contributed by atoms with E-state index >= 15 is 0 Å². The molecule has 22 heavy (non-hydrogen) atoms. The zero-order valence-electron chi connectivity index (χ0n) is 11.8. The molecule has 0 fully saturated rings. The largest absolute Gasteiger partial charge is 0.347 e. The first-order chi connectivity index (χ1) is 10.5. The molecule has 0 aliphatic carbocycles. The number of carbonyl (C=O) groups excluding carboxylic acids is 1. The SMILES string of the molecule is Cc1nc2cc(Cl)ccn2c1C(=O)NCc1ccc(F)cc1. The van der Waals surface area contributed by atoms with Crippen molar-refractivity contribution in [2.45, 2.75) is 13.5 Å². The van der Waals surface area contributed by atoms with Crippen LogP contribution in [0.4, 0.5) is 4.39 Å². The Balaban J connectivity index is 1.83. The Morgan fingerprint density at radius 2 is 2.05 bits per heavy atom. The minimum Gasteiger partial charge on any atom is -0.347 e. The van der Waals surface area contributed by atoms with Gasteiger partial charge in [-0.05, 0) is 30.7 Å². The Labute approximate surface area is 131 Å². The summed E-state index contributed by atoms with van der Waals surface area (Å²) in [5.74, 6) is -0.541. The molecular formula is C16H13ClFN3O. The predicted octanol–water partition coefficient (Wildman–Crippen LogP) is 3.37. The Bertz CT molecular complexity index is 842. The van der Waals surface area contributed by atoms with E-state index in [4.69, 9.17) is 11.6 Å². The van der Waals surface area contributed by atoms with Crippen molar-refractivity contribution in [1.82, 2.24) is 14.7 Å². The zero-order valence-corrected chi connectivity index (χ0v) is 12.6. The van der Waals surface area contributed by atoms with Crippen LogP contribution in [0.3, 0.4) is 0 Å². The lowest BCUT2D eigenvalue weighted by Gasteiger charge is -2.06. The average molecular weight is 318 g/mol.